The third-order valence-electron chi connectivity index (χ3n) is 4.32. The summed E-state index contributed by atoms with van der Waals surface area (Å²) in [4.78, 5) is 23.3. The number of aryl methyl sites for hydroxylation is 1. The molecule has 0 bridgehead atoms. The zero-order chi connectivity index (χ0) is 17.8. The maximum atomic E-state index is 11.8. The molecule has 0 atom stereocenters. The highest BCUT2D eigenvalue weighted by molar-refractivity contribution is 5.74. The average molecular weight is 340 g/mol. The number of nitrogen functional groups attached to an aromatic ring is 1. The minimum atomic E-state index is -0.265. The van der Waals surface area contributed by atoms with Crippen molar-refractivity contribution in [2.24, 2.45) is 0 Å². The second kappa shape index (κ2) is 7.51. The van der Waals surface area contributed by atoms with Gasteiger partial charge in [0.1, 0.15) is 5.82 Å². The summed E-state index contributed by atoms with van der Waals surface area (Å²) in [5, 5.41) is 0. The van der Waals surface area contributed by atoms with Crippen LogP contribution >= 0.6 is 0 Å². The number of carbonyl (C=O) groups excluding carboxylic acids is 1. The third-order valence-corrected chi connectivity index (χ3v) is 4.32. The van der Waals surface area contributed by atoms with E-state index in [9.17, 15) is 4.79 Å². The highest BCUT2D eigenvalue weighted by Gasteiger charge is 2.23. The minimum Gasteiger partial charge on any atom is -0.421 e. The fourth-order valence-corrected chi connectivity index (χ4v) is 2.95. The molecule has 1 fully saturated rings. The van der Waals surface area contributed by atoms with Crippen molar-refractivity contribution < 1.29 is 9.53 Å². The van der Waals surface area contributed by atoms with E-state index in [1.165, 1.54) is 0 Å². The fraction of sp³-hybridized carbons (Fsp3) is 0.421. The fourth-order valence-electron chi connectivity index (χ4n) is 2.95. The Morgan fingerprint density at radius 1 is 1.20 bits per heavy atom. The average Bonchev–Trinajstić information content (AvgIpc) is 3.13. The molecule has 0 radical (unpaired) electrons. The van der Waals surface area contributed by atoms with Crippen LogP contribution in [-0.2, 0) is 11.2 Å². The minimum absolute atomic E-state index is 0.265. The maximum Gasteiger partial charge on any atom is 0.311 e. The summed E-state index contributed by atoms with van der Waals surface area (Å²) >= 11 is 0. The van der Waals surface area contributed by atoms with Gasteiger partial charge < -0.3 is 15.4 Å². The smallest absolute Gasteiger partial charge is 0.311 e. The monoisotopic (exact) mass is 340 g/mol. The van der Waals surface area contributed by atoms with Crippen molar-refractivity contribution in [3.8, 4) is 5.75 Å². The van der Waals surface area contributed by atoms with E-state index in [0.717, 1.165) is 48.8 Å². The zero-order valence-electron chi connectivity index (χ0n) is 14.8. The van der Waals surface area contributed by atoms with Crippen LogP contribution in [0.4, 0.5) is 11.5 Å². The largest absolute Gasteiger partial charge is 0.421 e. The van der Waals surface area contributed by atoms with E-state index in [1.54, 1.807) is 6.92 Å². The van der Waals surface area contributed by atoms with Gasteiger partial charge in [0.25, 0.3) is 0 Å². The molecule has 1 aromatic heterocycles. The van der Waals surface area contributed by atoms with Crippen LogP contribution in [0.5, 0.6) is 5.75 Å². The lowest BCUT2D eigenvalue weighted by molar-refractivity contribution is -0.134. The van der Waals surface area contributed by atoms with Crippen molar-refractivity contribution in [1.82, 2.24) is 9.97 Å². The molecule has 2 aromatic rings. The summed E-state index contributed by atoms with van der Waals surface area (Å²) in [6, 6.07) is 7.71. The highest BCUT2D eigenvalue weighted by atomic mass is 16.5. The first kappa shape index (κ1) is 17.2. The van der Waals surface area contributed by atoms with E-state index in [1.807, 2.05) is 31.2 Å². The zero-order valence-corrected chi connectivity index (χ0v) is 14.8. The number of carbonyl (C=O) groups is 1. The van der Waals surface area contributed by atoms with Crippen LogP contribution in [0.3, 0.4) is 0 Å². The quantitative estimate of drug-likeness (QED) is 0.666. The molecule has 6 nitrogen and oxygen atoms in total. The van der Waals surface area contributed by atoms with Crippen molar-refractivity contribution in [3.05, 3.63) is 41.3 Å². The summed E-state index contributed by atoms with van der Waals surface area (Å²) in [7, 11) is 0. The molecule has 0 aliphatic carbocycles. The van der Waals surface area contributed by atoms with Crippen molar-refractivity contribution in [2.75, 3.05) is 23.7 Å². The Bertz CT molecular complexity index is 753. The predicted molar refractivity (Wildman–Crippen MR) is 97.8 cm³/mol. The molecule has 6 heteroatoms. The molecule has 2 N–H and O–H groups in total. The molecule has 2 heterocycles. The van der Waals surface area contributed by atoms with E-state index >= 15 is 0 Å². The Kier molecular flexibility index (Phi) is 5.16. The summed E-state index contributed by atoms with van der Waals surface area (Å²) in [5.74, 6) is 1.69. The van der Waals surface area contributed by atoms with Gasteiger partial charge in [-0.15, -0.1) is 0 Å². The topological polar surface area (TPSA) is 81.3 Å². The first-order valence-electron chi connectivity index (χ1n) is 8.74. The molecular weight excluding hydrogens is 316 g/mol. The molecule has 132 valence electrons. The highest BCUT2D eigenvalue weighted by Crippen LogP contribution is 2.32. The number of nitrogens with two attached hydrogens (primary N) is 1. The van der Waals surface area contributed by atoms with Crippen LogP contribution in [0.1, 0.15) is 43.3 Å². The van der Waals surface area contributed by atoms with Crippen LogP contribution in [-0.4, -0.2) is 29.0 Å². The number of esters is 1. The van der Waals surface area contributed by atoms with Crippen LogP contribution in [0.2, 0.25) is 0 Å². The normalized spacial score (nSPS) is 13.9. The number of nitrogens with zero attached hydrogens (tertiary/aromatic N) is 3. The van der Waals surface area contributed by atoms with Crippen molar-refractivity contribution in [1.29, 1.82) is 0 Å². The summed E-state index contributed by atoms with van der Waals surface area (Å²) in [6.07, 6.45) is 3.19. The molecule has 1 aliphatic rings. The maximum absolute atomic E-state index is 11.8. The molecule has 3 rings (SSSR count). The van der Waals surface area contributed by atoms with E-state index in [-0.39, 0.29) is 5.97 Å². The van der Waals surface area contributed by atoms with E-state index in [4.69, 9.17) is 15.5 Å². The van der Waals surface area contributed by atoms with Crippen LogP contribution in [0, 0.1) is 6.92 Å². The third kappa shape index (κ3) is 4.07. The molecular formula is C19H24N4O2. The van der Waals surface area contributed by atoms with Gasteiger partial charge in [0, 0.05) is 31.6 Å². The van der Waals surface area contributed by atoms with Crippen molar-refractivity contribution in [3.63, 3.8) is 0 Å². The Labute approximate surface area is 148 Å². The number of anilines is 2. The molecule has 0 spiro atoms. The Morgan fingerprint density at radius 3 is 2.52 bits per heavy atom. The molecule has 0 saturated carbocycles. The lowest BCUT2D eigenvalue weighted by Gasteiger charge is -2.21. The number of hydrogen-bond donors (Lipinski definition) is 1. The molecule has 1 aliphatic heterocycles. The summed E-state index contributed by atoms with van der Waals surface area (Å²) < 4.78 is 5.54. The second-order valence-corrected chi connectivity index (χ2v) is 6.32. The Hall–Kier alpha value is -2.63. The number of aromatic nitrogens is 2. The number of hydrogen-bond acceptors (Lipinski definition) is 6. The molecule has 25 heavy (non-hydrogen) atoms. The standard InChI is InChI=1S/C19H24N4O2/c1-3-17(24)25-18-13(2)21-16(12-14-6-8-15(20)9-7-14)22-19(18)23-10-4-5-11-23/h6-9H,3-5,10-12,20H2,1-2H3. The lowest BCUT2D eigenvalue weighted by atomic mass is 10.1. The van der Waals surface area contributed by atoms with Gasteiger partial charge in [-0.25, -0.2) is 9.97 Å². The van der Waals surface area contributed by atoms with E-state index in [2.05, 4.69) is 9.88 Å². The molecule has 0 amide bonds. The van der Waals surface area contributed by atoms with Gasteiger partial charge in [-0.05, 0) is 37.5 Å². The van der Waals surface area contributed by atoms with Gasteiger partial charge in [0.05, 0.1) is 5.69 Å². The predicted octanol–water partition coefficient (Wildman–Crippen LogP) is 2.87. The van der Waals surface area contributed by atoms with Gasteiger partial charge in [0.2, 0.25) is 0 Å². The van der Waals surface area contributed by atoms with E-state index in [0.29, 0.717) is 24.3 Å². The molecule has 0 unspecified atom stereocenters. The molecule has 1 saturated heterocycles. The van der Waals surface area contributed by atoms with Gasteiger partial charge in [0.15, 0.2) is 11.6 Å². The first-order valence-corrected chi connectivity index (χ1v) is 8.74. The Morgan fingerprint density at radius 2 is 1.88 bits per heavy atom. The number of rotatable bonds is 5. The van der Waals surface area contributed by atoms with Gasteiger partial charge >= 0.3 is 5.97 Å². The van der Waals surface area contributed by atoms with Crippen molar-refractivity contribution in [2.45, 2.75) is 39.5 Å². The number of ether oxygens (including phenoxy) is 1. The van der Waals surface area contributed by atoms with Crippen LogP contribution in [0.15, 0.2) is 24.3 Å². The summed E-state index contributed by atoms with van der Waals surface area (Å²) in [6.45, 7) is 5.50. The second-order valence-electron chi connectivity index (χ2n) is 6.32. The van der Waals surface area contributed by atoms with Gasteiger partial charge in [-0.2, -0.15) is 0 Å². The SMILES string of the molecule is CCC(=O)Oc1c(C)nc(Cc2ccc(N)cc2)nc1N1CCCC1. The van der Waals surface area contributed by atoms with Gasteiger partial charge in [-0.1, -0.05) is 19.1 Å². The lowest BCUT2D eigenvalue weighted by Crippen LogP contribution is -2.23. The first-order chi connectivity index (χ1) is 12.1. The van der Waals surface area contributed by atoms with Crippen LogP contribution in [0.25, 0.3) is 0 Å². The summed E-state index contributed by atoms with van der Waals surface area (Å²) in [5.41, 5.74) is 8.28. The van der Waals surface area contributed by atoms with Gasteiger partial charge in [-0.3, -0.25) is 4.79 Å². The number of benzene rings is 1. The van der Waals surface area contributed by atoms with Crippen LogP contribution < -0.4 is 15.4 Å². The van der Waals surface area contributed by atoms with Crippen molar-refractivity contribution >= 4 is 17.5 Å². The Balaban J connectivity index is 1.94. The van der Waals surface area contributed by atoms with E-state index < -0.39 is 0 Å². The molecule has 1 aromatic carbocycles.